The Balaban J connectivity index is 2.18. The molecule has 2 rings (SSSR count). The summed E-state index contributed by atoms with van der Waals surface area (Å²) >= 11 is 0. The molecular weight excluding hydrogens is 282 g/mol. The maximum Gasteiger partial charge on any atom is 0.233 e. The van der Waals surface area contributed by atoms with Crippen molar-refractivity contribution >= 4 is 0 Å². The predicted molar refractivity (Wildman–Crippen MR) is 84.4 cm³/mol. The molecule has 1 heterocycles. The minimum Gasteiger partial charge on any atom is -0.496 e. The lowest BCUT2D eigenvalue weighted by Gasteiger charge is -2.21. The molecule has 0 bridgehead atoms. The molecule has 0 aliphatic heterocycles. The number of nitrogens with zero attached hydrogens (tertiary/aromatic N) is 1. The van der Waals surface area contributed by atoms with E-state index in [1.807, 2.05) is 43.3 Å². The van der Waals surface area contributed by atoms with Gasteiger partial charge in [0.2, 0.25) is 6.04 Å². The number of H-pyrrole nitrogens is 1. The van der Waals surface area contributed by atoms with Crippen molar-refractivity contribution in [2.45, 2.75) is 32.0 Å². The Labute approximate surface area is 129 Å². The number of aromatic nitrogens is 1. The summed E-state index contributed by atoms with van der Waals surface area (Å²) in [6, 6.07) is 10.3. The number of ether oxygens (including phenoxy) is 1. The number of benzene rings is 1. The molecule has 0 aliphatic rings. The second-order valence-corrected chi connectivity index (χ2v) is 5.06. The Morgan fingerprint density at radius 3 is 2.68 bits per heavy atom. The Morgan fingerprint density at radius 1 is 1.32 bits per heavy atom. The van der Waals surface area contributed by atoms with E-state index in [9.17, 15) is 10.1 Å². The smallest absolute Gasteiger partial charge is 0.233 e. The maximum absolute atomic E-state index is 11.3. The summed E-state index contributed by atoms with van der Waals surface area (Å²) < 4.78 is 5.32. The summed E-state index contributed by atoms with van der Waals surface area (Å²) in [6.07, 6.45) is 2.23. The van der Waals surface area contributed by atoms with Crippen molar-refractivity contribution in [2.75, 3.05) is 7.11 Å². The first kappa shape index (κ1) is 16.0. The number of nitro groups is 1. The first-order valence-electron chi connectivity index (χ1n) is 7.29. The average Bonchev–Trinajstić information content (AvgIpc) is 3.05. The molecule has 1 aromatic heterocycles. The molecule has 2 N–H and O–H groups in total. The molecule has 0 unspecified atom stereocenters. The highest BCUT2D eigenvalue weighted by atomic mass is 16.6. The largest absolute Gasteiger partial charge is 0.496 e. The zero-order valence-electron chi connectivity index (χ0n) is 12.8. The molecule has 1 aromatic carbocycles. The van der Waals surface area contributed by atoms with Crippen LogP contribution >= 0.6 is 0 Å². The summed E-state index contributed by atoms with van der Waals surface area (Å²) in [5.41, 5.74) is 1.79. The van der Waals surface area contributed by atoms with Crippen molar-refractivity contribution in [1.29, 1.82) is 0 Å². The van der Waals surface area contributed by atoms with Gasteiger partial charge < -0.3 is 9.72 Å². The van der Waals surface area contributed by atoms with E-state index < -0.39 is 6.04 Å². The lowest BCUT2D eigenvalue weighted by molar-refractivity contribution is -0.528. The van der Waals surface area contributed by atoms with E-state index in [1.54, 1.807) is 13.3 Å². The Kier molecular flexibility index (Phi) is 5.55. The van der Waals surface area contributed by atoms with Gasteiger partial charge in [0.15, 0.2) is 0 Å². The van der Waals surface area contributed by atoms with Crippen LogP contribution in [0.5, 0.6) is 5.75 Å². The van der Waals surface area contributed by atoms with Gasteiger partial charge in [0.1, 0.15) is 11.8 Å². The summed E-state index contributed by atoms with van der Waals surface area (Å²) in [5.74, 6) is 0.773. The van der Waals surface area contributed by atoms with E-state index in [-0.39, 0.29) is 11.0 Å². The molecular formula is C16H21N3O3. The highest BCUT2D eigenvalue weighted by molar-refractivity contribution is 5.33. The van der Waals surface area contributed by atoms with Crippen LogP contribution < -0.4 is 10.1 Å². The van der Waals surface area contributed by atoms with Gasteiger partial charge in [0, 0.05) is 35.3 Å². The SMILES string of the molecule is CC[C@H]([C@@H](NCc1ccccc1OC)c1ccc[nH]1)[N+](=O)[O-]. The molecule has 2 aromatic rings. The van der Waals surface area contributed by atoms with E-state index in [4.69, 9.17) is 4.74 Å². The molecule has 0 saturated carbocycles. The van der Waals surface area contributed by atoms with E-state index in [0.29, 0.717) is 13.0 Å². The third-order valence-corrected chi connectivity index (χ3v) is 3.74. The topological polar surface area (TPSA) is 80.2 Å². The van der Waals surface area contributed by atoms with Crippen LogP contribution in [-0.2, 0) is 6.54 Å². The fourth-order valence-electron chi connectivity index (χ4n) is 2.57. The highest BCUT2D eigenvalue weighted by Crippen LogP contribution is 2.23. The third-order valence-electron chi connectivity index (χ3n) is 3.74. The van der Waals surface area contributed by atoms with Crippen LogP contribution in [0, 0.1) is 10.1 Å². The first-order chi connectivity index (χ1) is 10.7. The van der Waals surface area contributed by atoms with E-state index in [2.05, 4.69) is 10.3 Å². The zero-order chi connectivity index (χ0) is 15.9. The van der Waals surface area contributed by atoms with Gasteiger partial charge in [-0.05, 0) is 18.2 Å². The minimum atomic E-state index is -0.687. The van der Waals surface area contributed by atoms with Gasteiger partial charge in [-0.3, -0.25) is 15.4 Å². The monoisotopic (exact) mass is 303 g/mol. The molecule has 2 atom stereocenters. The molecule has 118 valence electrons. The zero-order valence-corrected chi connectivity index (χ0v) is 12.8. The predicted octanol–water partition coefficient (Wildman–Crippen LogP) is 2.91. The standard InChI is InChI=1S/C16H21N3O3/c1-3-14(19(20)21)16(13-8-6-10-17-13)18-11-12-7-4-5-9-15(12)22-2/h4-10,14,16-18H,3,11H2,1-2H3/t14-,16+/m1/s1. The van der Waals surface area contributed by atoms with Crippen LogP contribution in [-0.4, -0.2) is 23.1 Å². The fraction of sp³-hybridized carbons (Fsp3) is 0.375. The number of rotatable bonds is 8. The summed E-state index contributed by atoms with van der Waals surface area (Å²) in [6.45, 7) is 2.33. The molecule has 0 fully saturated rings. The second-order valence-electron chi connectivity index (χ2n) is 5.06. The fourth-order valence-corrected chi connectivity index (χ4v) is 2.57. The van der Waals surface area contributed by atoms with Crippen molar-refractivity contribution in [2.24, 2.45) is 0 Å². The quantitative estimate of drug-likeness (QED) is 0.580. The highest BCUT2D eigenvalue weighted by Gasteiger charge is 2.31. The summed E-state index contributed by atoms with van der Waals surface area (Å²) in [7, 11) is 1.62. The number of nitrogens with one attached hydrogen (secondary N) is 2. The molecule has 0 amide bonds. The van der Waals surface area contributed by atoms with Gasteiger partial charge in [-0.15, -0.1) is 0 Å². The normalized spacial score (nSPS) is 13.5. The van der Waals surface area contributed by atoms with Crippen molar-refractivity contribution in [3.05, 3.63) is 64.0 Å². The van der Waals surface area contributed by atoms with E-state index in [0.717, 1.165) is 17.0 Å². The lowest BCUT2D eigenvalue weighted by Crippen LogP contribution is -2.36. The maximum atomic E-state index is 11.3. The number of hydrogen-bond acceptors (Lipinski definition) is 4. The molecule has 6 nitrogen and oxygen atoms in total. The first-order valence-corrected chi connectivity index (χ1v) is 7.29. The Hall–Kier alpha value is -2.34. The van der Waals surface area contributed by atoms with E-state index >= 15 is 0 Å². The van der Waals surface area contributed by atoms with Crippen molar-refractivity contribution in [1.82, 2.24) is 10.3 Å². The van der Waals surface area contributed by atoms with Gasteiger partial charge in [0.25, 0.3) is 0 Å². The van der Waals surface area contributed by atoms with Crippen molar-refractivity contribution in [3.8, 4) is 5.75 Å². The number of para-hydroxylation sites is 1. The number of hydrogen-bond donors (Lipinski definition) is 2. The molecule has 6 heteroatoms. The third kappa shape index (κ3) is 3.65. The second kappa shape index (κ2) is 7.61. The van der Waals surface area contributed by atoms with Gasteiger partial charge in [-0.2, -0.15) is 0 Å². The number of methoxy groups -OCH3 is 1. The molecule has 0 saturated heterocycles. The van der Waals surface area contributed by atoms with Crippen LogP contribution in [0.4, 0.5) is 0 Å². The van der Waals surface area contributed by atoms with Gasteiger partial charge in [0.05, 0.1) is 7.11 Å². The van der Waals surface area contributed by atoms with E-state index in [1.165, 1.54) is 0 Å². The number of aromatic amines is 1. The summed E-state index contributed by atoms with van der Waals surface area (Å²) in [4.78, 5) is 14.2. The van der Waals surface area contributed by atoms with Crippen LogP contribution in [0.15, 0.2) is 42.6 Å². The Bertz CT molecular complexity index is 598. The van der Waals surface area contributed by atoms with Crippen molar-refractivity contribution < 1.29 is 9.66 Å². The lowest BCUT2D eigenvalue weighted by atomic mass is 10.0. The molecule has 0 aliphatic carbocycles. The van der Waals surface area contributed by atoms with Gasteiger partial charge in [-0.1, -0.05) is 25.1 Å². The van der Waals surface area contributed by atoms with Gasteiger partial charge >= 0.3 is 0 Å². The molecule has 0 spiro atoms. The molecule has 0 radical (unpaired) electrons. The van der Waals surface area contributed by atoms with Crippen LogP contribution in [0.2, 0.25) is 0 Å². The van der Waals surface area contributed by atoms with Gasteiger partial charge in [-0.25, -0.2) is 0 Å². The van der Waals surface area contributed by atoms with Crippen LogP contribution in [0.1, 0.15) is 30.6 Å². The Morgan fingerprint density at radius 2 is 2.09 bits per heavy atom. The van der Waals surface area contributed by atoms with Crippen molar-refractivity contribution in [3.63, 3.8) is 0 Å². The van der Waals surface area contributed by atoms with Crippen LogP contribution in [0.25, 0.3) is 0 Å². The average molecular weight is 303 g/mol. The van der Waals surface area contributed by atoms with Crippen LogP contribution in [0.3, 0.4) is 0 Å². The summed E-state index contributed by atoms with van der Waals surface area (Å²) in [5, 5.41) is 14.6. The minimum absolute atomic E-state index is 0.221. The molecule has 22 heavy (non-hydrogen) atoms.